The second kappa shape index (κ2) is 8.28. The minimum Gasteiger partial charge on any atom is -0.488 e. The van der Waals surface area contributed by atoms with E-state index in [0.717, 1.165) is 5.56 Å². The molecule has 0 aliphatic rings. The first-order valence-electron chi connectivity index (χ1n) is 9.26. The van der Waals surface area contributed by atoms with Crippen LogP contribution in [0.1, 0.15) is 23.1 Å². The largest absolute Gasteiger partial charge is 0.488 e. The summed E-state index contributed by atoms with van der Waals surface area (Å²) in [4.78, 5) is 12.6. The highest BCUT2D eigenvalue weighted by molar-refractivity contribution is 6.34. The van der Waals surface area contributed by atoms with Gasteiger partial charge in [-0.2, -0.15) is 0 Å². The summed E-state index contributed by atoms with van der Waals surface area (Å²) in [7, 11) is 0. The van der Waals surface area contributed by atoms with Crippen molar-refractivity contribution in [2.45, 2.75) is 20.0 Å². The summed E-state index contributed by atoms with van der Waals surface area (Å²) in [5.41, 5.74) is 1.31. The first-order valence-corrected chi connectivity index (χ1v) is 9.64. The molecule has 0 aliphatic carbocycles. The number of ether oxygens (including phenoxy) is 1. The van der Waals surface area contributed by atoms with Crippen molar-refractivity contribution in [3.63, 3.8) is 0 Å². The lowest BCUT2D eigenvalue weighted by Crippen LogP contribution is -2.03. The molecule has 0 amide bonds. The molecule has 0 atom stereocenters. The molecule has 1 heterocycles. The average Bonchev–Trinajstić information content (AvgIpc) is 2.73. The van der Waals surface area contributed by atoms with Crippen molar-refractivity contribution in [1.82, 2.24) is 0 Å². The van der Waals surface area contributed by atoms with Crippen LogP contribution >= 0.6 is 11.6 Å². The second-order valence-electron chi connectivity index (χ2n) is 6.87. The van der Waals surface area contributed by atoms with E-state index in [1.165, 1.54) is 18.2 Å². The molecule has 4 aromatic rings. The van der Waals surface area contributed by atoms with Gasteiger partial charge in [0, 0.05) is 11.6 Å². The Balaban J connectivity index is 1.86. The van der Waals surface area contributed by atoms with Gasteiger partial charge in [-0.05, 0) is 42.3 Å². The van der Waals surface area contributed by atoms with Crippen molar-refractivity contribution in [3.05, 3.63) is 98.7 Å². The van der Waals surface area contributed by atoms with Gasteiger partial charge in [-0.3, -0.25) is 4.79 Å². The van der Waals surface area contributed by atoms with E-state index in [4.69, 9.17) is 20.8 Å². The zero-order chi connectivity index (χ0) is 21.3. The Morgan fingerprint density at radius 1 is 1.03 bits per heavy atom. The monoisotopic (exact) mass is 426 g/mol. The number of para-hydroxylation sites is 1. The van der Waals surface area contributed by atoms with E-state index in [9.17, 15) is 13.6 Å². The van der Waals surface area contributed by atoms with Gasteiger partial charge >= 0.3 is 0 Å². The van der Waals surface area contributed by atoms with E-state index in [1.54, 1.807) is 25.1 Å². The third kappa shape index (κ3) is 3.94. The maximum atomic E-state index is 13.5. The highest BCUT2D eigenvalue weighted by Crippen LogP contribution is 2.37. The Labute approximate surface area is 176 Å². The van der Waals surface area contributed by atoms with Crippen molar-refractivity contribution in [2.75, 3.05) is 0 Å². The van der Waals surface area contributed by atoms with Crippen molar-refractivity contribution >= 4 is 22.6 Å². The number of fused-ring (bicyclic) bond motifs is 1. The number of rotatable bonds is 5. The van der Waals surface area contributed by atoms with Gasteiger partial charge in [0.1, 0.15) is 18.1 Å². The SMILES string of the molecule is Cc1cc(OCc2ccccc2)c(-c2cc(=O)c3cccc(Cl)c3o2)cc1C(F)F. The van der Waals surface area contributed by atoms with Gasteiger partial charge in [0.2, 0.25) is 0 Å². The third-order valence-electron chi connectivity index (χ3n) is 4.81. The first kappa shape index (κ1) is 20.1. The van der Waals surface area contributed by atoms with Gasteiger partial charge in [0.05, 0.1) is 16.0 Å². The Kier molecular flexibility index (Phi) is 5.55. The number of hydrogen-bond acceptors (Lipinski definition) is 3. The highest BCUT2D eigenvalue weighted by atomic mass is 35.5. The summed E-state index contributed by atoms with van der Waals surface area (Å²) >= 11 is 6.19. The van der Waals surface area contributed by atoms with Crippen LogP contribution in [0.3, 0.4) is 0 Å². The Morgan fingerprint density at radius 2 is 1.80 bits per heavy atom. The predicted octanol–water partition coefficient (Wildman–Crippen LogP) is 6.94. The molecule has 0 saturated carbocycles. The average molecular weight is 427 g/mol. The molecule has 3 aromatic carbocycles. The normalized spacial score (nSPS) is 11.2. The van der Waals surface area contributed by atoms with Crippen LogP contribution in [0.25, 0.3) is 22.3 Å². The predicted molar refractivity (Wildman–Crippen MR) is 113 cm³/mol. The van der Waals surface area contributed by atoms with Crippen LogP contribution in [0, 0.1) is 6.92 Å². The van der Waals surface area contributed by atoms with Crippen LogP contribution < -0.4 is 10.2 Å². The lowest BCUT2D eigenvalue weighted by atomic mass is 10.0. The van der Waals surface area contributed by atoms with Gasteiger partial charge in [0.15, 0.2) is 11.0 Å². The number of alkyl halides is 2. The second-order valence-corrected chi connectivity index (χ2v) is 7.28. The Hall–Kier alpha value is -3.18. The fraction of sp³-hybridized carbons (Fsp3) is 0.125. The van der Waals surface area contributed by atoms with Crippen LogP contribution in [0.4, 0.5) is 8.78 Å². The molecule has 6 heteroatoms. The first-order chi connectivity index (χ1) is 14.4. The molecule has 0 spiro atoms. The zero-order valence-corrected chi connectivity index (χ0v) is 16.7. The van der Waals surface area contributed by atoms with E-state index in [2.05, 4.69) is 0 Å². The van der Waals surface area contributed by atoms with Gasteiger partial charge in [-0.15, -0.1) is 0 Å². The lowest BCUT2D eigenvalue weighted by Gasteiger charge is -2.15. The number of aryl methyl sites for hydroxylation is 1. The van der Waals surface area contributed by atoms with Gasteiger partial charge in [-0.1, -0.05) is 48.0 Å². The fourth-order valence-corrected chi connectivity index (χ4v) is 3.47. The van der Waals surface area contributed by atoms with Crippen molar-refractivity contribution < 1.29 is 17.9 Å². The smallest absolute Gasteiger partial charge is 0.264 e. The molecule has 4 rings (SSSR count). The molecule has 152 valence electrons. The van der Waals surface area contributed by atoms with Crippen LogP contribution in [0.15, 0.2) is 75.9 Å². The summed E-state index contributed by atoms with van der Waals surface area (Å²) in [5.74, 6) is 0.459. The number of halogens is 3. The molecule has 0 saturated heterocycles. The molecule has 0 unspecified atom stereocenters. The number of benzene rings is 3. The van der Waals surface area contributed by atoms with Gasteiger partial charge in [0.25, 0.3) is 6.43 Å². The van der Waals surface area contributed by atoms with Crippen molar-refractivity contribution in [1.29, 1.82) is 0 Å². The Morgan fingerprint density at radius 3 is 2.53 bits per heavy atom. The summed E-state index contributed by atoms with van der Waals surface area (Å²) in [6, 6.07) is 18.4. The van der Waals surface area contributed by atoms with Crippen LogP contribution in [-0.2, 0) is 6.61 Å². The van der Waals surface area contributed by atoms with Gasteiger partial charge < -0.3 is 9.15 Å². The Bertz CT molecular complexity index is 1270. The lowest BCUT2D eigenvalue weighted by molar-refractivity contribution is 0.150. The molecular weight excluding hydrogens is 410 g/mol. The minimum atomic E-state index is -2.68. The maximum Gasteiger partial charge on any atom is 0.264 e. The minimum absolute atomic E-state index is 0.116. The summed E-state index contributed by atoms with van der Waals surface area (Å²) in [5, 5.41) is 0.582. The van der Waals surface area contributed by atoms with Crippen LogP contribution in [0.5, 0.6) is 5.75 Å². The van der Waals surface area contributed by atoms with Crippen molar-refractivity contribution in [2.24, 2.45) is 0 Å². The van der Waals surface area contributed by atoms with Crippen LogP contribution in [-0.4, -0.2) is 0 Å². The maximum absolute atomic E-state index is 13.5. The van der Waals surface area contributed by atoms with E-state index in [1.807, 2.05) is 30.3 Å². The molecule has 0 bridgehead atoms. The molecule has 30 heavy (non-hydrogen) atoms. The molecule has 3 nitrogen and oxygen atoms in total. The van der Waals surface area contributed by atoms with Crippen LogP contribution in [0.2, 0.25) is 5.02 Å². The van der Waals surface area contributed by atoms with Crippen molar-refractivity contribution in [3.8, 4) is 17.1 Å². The molecule has 0 aliphatic heterocycles. The molecule has 0 fully saturated rings. The molecule has 0 N–H and O–H groups in total. The standard InChI is InChI=1S/C24H17ClF2O3/c1-14-10-21(29-13-15-6-3-2-4-7-15)18(11-17(14)24(26)27)22-12-20(28)16-8-5-9-19(25)23(16)30-22/h2-12,24H,13H2,1H3. The van der Waals surface area contributed by atoms with E-state index >= 15 is 0 Å². The third-order valence-corrected chi connectivity index (χ3v) is 5.11. The number of hydrogen-bond donors (Lipinski definition) is 0. The zero-order valence-electron chi connectivity index (χ0n) is 16.0. The summed E-state index contributed by atoms with van der Waals surface area (Å²) in [6.07, 6.45) is -2.68. The topological polar surface area (TPSA) is 39.4 Å². The van der Waals surface area contributed by atoms with E-state index in [0.29, 0.717) is 16.7 Å². The summed E-state index contributed by atoms with van der Waals surface area (Å²) < 4.78 is 38.9. The van der Waals surface area contributed by atoms with E-state index < -0.39 is 6.43 Å². The van der Waals surface area contributed by atoms with Gasteiger partial charge in [-0.25, -0.2) is 8.78 Å². The molecule has 1 aromatic heterocycles. The highest BCUT2D eigenvalue weighted by Gasteiger charge is 2.19. The quantitative estimate of drug-likeness (QED) is 0.347. The fourth-order valence-electron chi connectivity index (χ4n) is 3.26. The molecule has 0 radical (unpaired) electrons. The molecular formula is C24H17ClF2O3. The summed E-state index contributed by atoms with van der Waals surface area (Å²) in [6.45, 7) is 1.83. The van der Waals surface area contributed by atoms with E-state index in [-0.39, 0.29) is 39.5 Å².